The number of ether oxygens (including phenoxy) is 1. The highest BCUT2D eigenvalue weighted by molar-refractivity contribution is 7.92. The van der Waals surface area contributed by atoms with E-state index in [1.54, 1.807) is 24.3 Å². The van der Waals surface area contributed by atoms with Crippen molar-refractivity contribution in [2.45, 2.75) is 18.7 Å². The van der Waals surface area contributed by atoms with Crippen LogP contribution in [0.15, 0.2) is 65.6 Å². The first-order valence-corrected chi connectivity index (χ1v) is 9.88. The molecule has 27 heavy (non-hydrogen) atoms. The Morgan fingerprint density at radius 1 is 0.963 bits per heavy atom. The molecule has 0 aliphatic carbocycles. The summed E-state index contributed by atoms with van der Waals surface area (Å²) in [5.74, 6) is 1.31. The van der Waals surface area contributed by atoms with Crippen molar-refractivity contribution in [3.63, 3.8) is 0 Å². The van der Waals surface area contributed by atoms with Crippen LogP contribution in [-0.4, -0.2) is 25.2 Å². The Hall–Kier alpha value is -3.13. The summed E-state index contributed by atoms with van der Waals surface area (Å²) in [5.41, 5.74) is 1.61. The second kappa shape index (κ2) is 8.05. The summed E-state index contributed by atoms with van der Waals surface area (Å²) in [5, 5.41) is 11.1. The summed E-state index contributed by atoms with van der Waals surface area (Å²) in [7, 11) is -3.71. The van der Waals surface area contributed by atoms with Crippen molar-refractivity contribution in [1.82, 2.24) is 10.2 Å². The number of anilines is 3. The van der Waals surface area contributed by atoms with Gasteiger partial charge in [-0.1, -0.05) is 24.3 Å². The van der Waals surface area contributed by atoms with Gasteiger partial charge in [-0.25, -0.2) is 8.42 Å². The maximum Gasteiger partial charge on any atom is 0.263 e. The Balaban J connectivity index is 1.74. The van der Waals surface area contributed by atoms with Gasteiger partial charge in [-0.15, -0.1) is 10.2 Å². The van der Waals surface area contributed by atoms with Crippen LogP contribution in [0.2, 0.25) is 0 Å². The van der Waals surface area contributed by atoms with E-state index in [9.17, 15) is 8.42 Å². The zero-order valence-corrected chi connectivity index (χ0v) is 15.8. The first kappa shape index (κ1) is 18.7. The van der Waals surface area contributed by atoms with Crippen LogP contribution in [0.4, 0.5) is 17.3 Å². The van der Waals surface area contributed by atoms with Gasteiger partial charge in [0.2, 0.25) is 0 Å². The molecule has 1 heterocycles. The van der Waals surface area contributed by atoms with Gasteiger partial charge in [0.25, 0.3) is 10.0 Å². The van der Waals surface area contributed by atoms with E-state index in [1.807, 2.05) is 44.2 Å². The molecule has 0 radical (unpaired) electrons. The molecule has 0 saturated heterocycles. The third-order valence-corrected chi connectivity index (χ3v) is 5.01. The first-order chi connectivity index (χ1) is 13.0. The molecule has 1 aromatic heterocycles. The monoisotopic (exact) mass is 384 g/mol. The van der Waals surface area contributed by atoms with Crippen LogP contribution in [0.5, 0.6) is 5.75 Å². The molecule has 0 bridgehead atoms. The molecule has 2 aromatic carbocycles. The van der Waals surface area contributed by atoms with Crippen LogP contribution in [0.3, 0.4) is 0 Å². The zero-order chi connectivity index (χ0) is 19.3. The minimum atomic E-state index is -3.71. The SMILES string of the molecule is CCOc1ccccc1Nc1ccc(NS(=O)(=O)c2cccc(C)c2)nn1. The van der Waals surface area contributed by atoms with Crippen molar-refractivity contribution in [1.29, 1.82) is 0 Å². The average molecular weight is 384 g/mol. The van der Waals surface area contributed by atoms with E-state index in [4.69, 9.17) is 4.74 Å². The van der Waals surface area contributed by atoms with Crippen LogP contribution >= 0.6 is 0 Å². The molecule has 2 N–H and O–H groups in total. The molecule has 0 atom stereocenters. The molecular weight excluding hydrogens is 364 g/mol. The van der Waals surface area contributed by atoms with Crippen molar-refractivity contribution in [3.8, 4) is 5.75 Å². The van der Waals surface area contributed by atoms with E-state index in [2.05, 4.69) is 20.2 Å². The van der Waals surface area contributed by atoms with Crippen molar-refractivity contribution in [3.05, 3.63) is 66.2 Å². The van der Waals surface area contributed by atoms with Crippen molar-refractivity contribution < 1.29 is 13.2 Å². The molecule has 3 aromatic rings. The van der Waals surface area contributed by atoms with Gasteiger partial charge in [0.1, 0.15) is 5.75 Å². The lowest BCUT2D eigenvalue weighted by Crippen LogP contribution is -2.14. The topological polar surface area (TPSA) is 93.2 Å². The number of aromatic nitrogens is 2. The van der Waals surface area contributed by atoms with Gasteiger partial charge in [-0.05, 0) is 55.8 Å². The molecule has 0 aliphatic heterocycles. The second-order valence-electron chi connectivity index (χ2n) is 5.78. The minimum Gasteiger partial charge on any atom is -0.492 e. The lowest BCUT2D eigenvalue weighted by molar-refractivity contribution is 0.342. The fourth-order valence-corrected chi connectivity index (χ4v) is 3.52. The van der Waals surface area contributed by atoms with Gasteiger partial charge < -0.3 is 10.1 Å². The van der Waals surface area contributed by atoms with Gasteiger partial charge in [0, 0.05) is 0 Å². The van der Waals surface area contributed by atoms with E-state index in [0.29, 0.717) is 18.2 Å². The predicted molar refractivity (Wildman–Crippen MR) is 105 cm³/mol. The van der Waals surface area contributed by atoms with E-state index in [1.165, 1.54) is 6.07 Å². The van der Waals surface area contributed by atoms with Gasteiger partial charge in [0.05, 0.1) is 17.2 Å². The number of aryl methyl sites for hydroxylation is 1. The summed E-state index contributed by atoms with van der Waals surface area (Å²) >= 11 is 0. The largest absolute Gasteiger partial charge is 0.492 e. The lowest BCUT2D eigenvalue weighted by atomic mass is 10.2. The smallest absolute Gasteiger partial charge is 0.263 e. The Morgan fingerprint density at radius 3 is 2.41 bits per heavy atom. The summed E-state index contributed by atoms with van der Waals surface area (Å²) in [4.78, 5) is 0.178. The second-order valence-corrected chi connectivity index (χ2v) is 7.46. The number of nitrogens with one attached hydrogen (secondary N) is 2. The van der Waals surface area contributed by atoms with Crippen LogP contribution in [-0.2, 0) is 10.0 Å². The summed E-state index contributed by atoms with van der Waals surface area (Å²) in [6.45, 7) is 4.29. The average Bonchev–Trinajstić information content (AvgIpc) is 2.65. The van der Waals surface area contributed by atoms with E-state index < -0.39 is 10.0 Å². The number of nitrogens with zero attached hydrogens (tertiary/aromatic N) is 2. The van der Waals surface area contributed by atoms with Crippen LogP contribution in [0.25, 0.3) is 0 Å². The highest BCUT2D eigenvalue weighted by Crippen LogP contribution is 2.26. The van der Waals surface area contributed by atoms with Crippen molar-refractivity contribution in [2.24, 2.45) is 0 Å². The van der Waals surface area contributed by atoms with E-state index >= 15 is 0 Å². The van der Waals surface area contributed by atoms with Gasteiger partial charge in [0.15, 0.2) is 11.6 Å². The third kappa shape index (κ3) is 4.73. The maximum atomic E-state index is 12.4. The fourth-order valence-electron chi connectivity index (χ4n) is 2.42. The van der Waals surface area contributed by atoms with Gasteiger partial charge >= 0.3 is 0 Å². The fraction of sp³-hybridized carbons (Fsp3) is 0.158. The Bertz CT molecular complexity index is 1020. The molecule has 0 amide bonds. The normalized spacial score (nSPS) is 11.0. The molecule has 0 fully saturated rings. The number of benzene rings is 2. The highest BCUT2D eigenvalue weighted by atomic mass is 32.2. The summed E-state index contributed by atoms with van der Waals surface area (Å²) in [6, 6.07) is 17.3. The van der Waals surface area contributed by atoms with E-state index in [0.717, 1.165) is 11.3 Å². The van der Waals surface area contributed by atoms with E-state index in [-0.39, 0.29) is 10.7 Å². The third-order valence-electron chi connectivity index (χ3n) is 3.65. The molecule has 140 valence electrons. The number of para-hydroxylation sites is 2. The number of hydrogen-bond donors (Lipinski definition) is 2. The molecule has 0 spiro atoms. The Morgan fingerprint density at radius 2 is 1.70 bits per heavy atom. The summed E-state index contributed by atoms with van der Waals surface area (Å²) in [6.07, 6.45) is 0. The Labute approximate surface area is 158 Å². The van der Waals surface area contributed by atoms with Crippen molar-refractivity contribution >= 4 is 27.3 Å². The number of rotatable bonds is 7. The minimum absolute atomic E-state index is 0.139. The molecule has 0 aliphatic rings. The molecule has 7 nitrogen and oxygen atoms in total. The Kier molecular flexibility index (Phi) is 5.56. The van der Waals surface area contributed by atoms with Crippen LogP contribution < -0.4 is 14.8 Å². The summed E-state index contributed by atoms with van der Waals surface area (Å²) < 4.78 is 32.9. The first-order valence-electron chi connectivity index (χ1n) is 8.40. The number of hydrogen-bond acceptors (Lipinski definition) is 6. The number of sulfonamides is 1. The molecule has 3 rings (SSSR count). The molecule has 8 heteroatoms. The van der Waals surface area contributed by atoms with Crippen LogP contribution in [0.1, 0.15) is 12.5 Å². The maximum absolute atomic E-state index is 12.4. The van der Waals surface area contributed by atoms with Gasteiger partial charge in [-0.3, -0.25) is 4.72 Å². The van der Waals surface area contributed by atoms with Crippen LogP contribution in [0, 0.1) is 6.92 Å². The predicted octanol–water partition coefficient (Wildman–Crippen LogP) is 3.73. The highest BCUT2D eigenvalue weighted by Gasteiger charge is 2.15. The lowest BCUT2D eigenvalue weighted by Gasteiger charge is -2.12. The molecular formula is C19H20N4O3S. The quantitative estimate of drug-likeness (QED) is 0.645. The standard InChI is InChI=1S/C19H20N4O3S/c1-3-26-17-10-5-4-9-16(17)20-18-11-12-19(22-21-18)23-27(24,25)15-8-6-7-14(2)13-15/h4-13H,3H2,1-2H3,(H,20,21)(H,22,23). The molecule has 0 unspecified atom stereocenters. The van der Waals surface area contributed by atoms with Crippen molar-refractivity contribution in [2.75, 3.05) is 16.6 Å². The zero-order valence-electron chi connectivity index (χ0n) is 15.0. The molecule has 0 saturated carbocycles. The van der Waals surface area contributed by atoms with Gasteiger partial charge in [-0.2, -0.15) is 0 Å².